The highest BCUT2D eigenvalue weighted by molar-refractivity contribution is 9.12. The number of rotatable bonds is 2. The summed E-state index contributed by atoms with van der Waals surface area (Å²) in [6.45, 7) is 0. The first kappa shape index (κ1) is 17.2. The zero-order valence-electron chi connectivity index (χ0n) is 12.0. The summed E-state index contributed by atoms with van der Waals surface area (Å²) in [5.74, 6) is -2.76. The standard InChI is InChI=1S/C15H6BrF4N3O2/c16-10-12(13(24)7-4-21-5-22-11(7)14(10)25)23-6-1-2-8(9(17)3-6)15(18,19)20/h1-5,23H. The molecule has 0 amide bonds. The average molecular weight is 416 g/mol. The topological polar surface area (TPSA) is 72.0 Å². The maximum Gasteiger partial charge on any atom is 0.419 e. The molecular formula is C15H6BrF4N3O2. The first-order valence-electron chi connectivity index (χ1n) is 6.63. The number of Topliss-reactive ketones (excluding diaryl/α,β-unsaturated/α-hetero) is 2. The lowest BCUT2D eigenvalue weighted by Crippen LogP contribution is -2.25. The van der Waals surface area contributed by atoms with Crippen LogP contribution in [0.5, 0.6) is 0 Å². The van der Waals surface area contributed by atoms with Crippen molar-refractivity contribution in [3.8, 4) is 0 Å². The van der Waals surface area contributed by atoms with Gasteiger partial charge in [0, 0.05) is 11.9 Å². The summed E-state index contributed by atoms with van der Waals surface area (Å²) in [5.41, 5.74) is -1.97. The summed E-state index contributed by atoms with van der Waals surface area (Å²) in [4.78, 5) is 32.0. The summed E-state index contributed by atoms with van der Waals surface area (Å²) < 4.78 is 51.3. The number of anilines is 1. The van der Waals surface area contributed by atoms with E-state index < -0.39 is 29.1 Å². The van der Waals surface area contributed by atoms with E-state index in [0.29, 0.717) is 12.1 Å². The number of alkyl halides is 3. The van der Waals surface area contributed by atoms with Crippen LogP contribution in [0.15, 0.2) is 40.9 Å². The van der Waals surface area contributed by atoms with E-state index in [1.807, 2.05) is 0 Å². The number of fused-ring (bicyclic) bond motifs is 1. The molecule has 1 heterocycles. The fourth-order valence-corrected chi connectivity index (χ4v) is 2.67. The average Bonchev–Trinajstić information content (AvgIpc) is 2.55. The Morgan fingerprint density at radius 1 is 1.12 bits per heavy atom. The lowest BCUT2D eigenvalue weighted by Gasteiger charge is -2.18. The van der Waals surface area contributed by atoms with Crippen LogP contribution in [0.4, 0.5) is 23.2 Å². The summed E-state index contributed by atoms with van der Waals surface area (Å²) in [7, 11) is 0. The minimum atomic E-state index is -4.84. The lowest BCUT2D eigenvalue weighted by molar-refractivity contribution is -0.139. The number of benzene rings is 1. The molecule has 0 saturated carbocycles. The molecule has 2 aromatic rings. The molecule has 0 aliphatic heterocycles. The van der Waals surface area contributed by atoms with Crippen molar-refractivity contribution in [2.45, 2.75) is 6.18 Å². The molecule has 1 aliphatic rings. The van der Waals surface area contributed by atoms with Crippen LogP contribution in [0, 0.1) is 5.82 Å². The Morgan fingerprint density at radius 2 is 1.84 bits per heavy atom. The summed E-state index contributed by atoms with van der Waals surface area (Å²) in [6, 6.07) is 2.08. The monoisotopic (exact) mass is 415 g/mol. The molecule has 0 saturated heterocycles. The predicted octanol–water partition coefficient (Wildman–Crippen LogP) is 3.73. The van der Waals surface area contributed by atoms with Gasteiger partial charge in [-0.1, -0.05) is 0 Å². The van der Waals surface area contributed by atoms with Gasteiger partial charge < -0.3 is 5.32 Å². The van der Waals surface area contributed by atoms with Crippen LogP contribution in [0.2, 0.25) is 0 Å². The van der Waals surface area contributed by atoms with Gasteiger partial charge in [-0.2, -0.15) is 13.2 Å². The van der Waals surface area contributed by atoms with Crippen molar-refractivity contribution in [3.63, 3.8) is 0 Å². The van der Waals surface area contributed by atoms with Gasteiger partial charge in [0.15, 0.2) is 0 Å². The first-order valence-corrected chi connectivity index (χ1v) is 7.42. The van der Waals surface area contributed by atoms with Gasteiger partial charge in [-0.25, -0.2) is 14.4 Å². The number of allylic oxidation sites excluding steroid dienone is 2. The van der Waals surface area contributed by atoms with Crippen molar-refractivity contribution in [1.29, 1.82) is 0 Å². The fraction of sp³-hybridized carbons (Fsp3) is 0.0667. The largest absolute Gasteiger partial charge is 0.419 e. The maximum atomic E-state index is 13.7. The van der Waals surface area contributed by atoms with Crippen molar-refractivity contribution in [2.75, 3.05) is 5.32 Å². The number of carbonyl (C=O) groups excluding carboxylic acids is 2. The second-order valence-electron chi connectivity index (χ2n) is 4.95. The van der Waals surface area contributed by atoms with E-state index in [1.54, 1.807) is 0 Å². The van der Waals surface area contributed by atoms with Crippen LogP contribution in [0.3, 0.4) is 0 Å². The number of nitrogens with zero attached hydrogens (tertiary/aromatic N) is 2. The predicted molar refractivity (Wildman–Crippen MR) is 81.7 cm³/mol. The molecule has 0 spiro atoms. The van der Waals surface area contributed by atoms with Crippen molar-refractivity contribution in [3.05, 3.63) is 63.5 Å². The molecule has 1 N–H and O–H groups in total. The summed E-state index contributed by atoms with van der Waals surface area (Å²) >= 11 is 2.97. The van der Waals surface area contributed by atoms with Gasteiger partial charge >= 0.3 is 6.18 Å². The number of carbonyl (C=O) groups is 2. The second kappa shape index (κ2) is 6.03. The number of hydrogen-bond acceptors (Lipinski definition) is 5. The van der Waals surface area contributed by atoms with Gasteiger partial charge in [-0.3, -0.25) is 9.59 Å². The van der Waals surface area contributed by atoms with Crippen LogP contribution in [0.1, 0.15) is 26.4 Å². The van der Waals surface area contributed by atoms with Gasteiger partial charge in [0.2, 0.25) is 11.6 Å². The normalized spacial score (nSPS) is 14.6. The summed E-state index contributed by atoms with van der Waals surface area (Å²) in [5, 5.41) is 2.47. The van der Waals surface area contributed by atoms with Crippen LogP contribution in [-0.4, -0.2) is 21.5 Å². The third-order valence-electron chi connectivity index (χ3n) is 3.36. The number of nitrogens with one attached hydrogen (secondary N) is 1. The SMILES string of the molecule is O=C1C(Nc2ccc(C(F)(F)F)c(F)c2)=C(Br)C(=O)c2ncncc21. The quantitative estimate of drug-likeness (QED) is 0.756. The Hall–Kier alpha value is -2.62. The van der Waals surface area contributed by atoms with E-state index in [1.165, 1.54) is 0 Å². The van der Waals surface area contributed by atoms with Crippen LogP contribution >= 0.6 is 15.9 Å². The van der Waals surface area contributed by atoms with E-state index >= 15 is 0 Å². The second-order valence-corrected chi connectivity index (χ2v) is 5.74. The van der Waals surface area contributed by atoms with Gasteiger partial charge in [0.25, 0.3) is 0 Å². The lowest BCUT2D eigenvalue weighted by atomic mass is 9.98. The summed E-state index contributed by atoms with van der Waals surface area (Å²) in [6.07, 6.45) is -2.58. The highest BCUT2D eigenvalue weighted by atomic mass is 79.9. The molecule has 0 radical (unpaired) electrons. The third kappa shape index (κ3) is 3.04. The maximum absolute atomic E-state index is 13.7. The molecular weight excluding hydrogens is 410 g/mol. The van der Waals surface area contributed by atoms with Gasteiger partial charge in [-0.05, 0) is 34.1 Å². The molecule has 3 rings (SSSR count). The highest BCUT2D eigenvalue weighted by Gasteiger charge is 2.35. The molecule has 1 aliphatic carbocycles. The minimum Gasteiger partial charge on any atom is -0.351 e. The number of hydrogen-bond donors (Lipinski definition) is 1. The molecule has 0 unspecified atom stereocenters. The van der Waals surface area contributed by atoms with E-state index in [-0.39, 0.29) is 27.1 Å². The number of ketones is 2. The molecule has 0 fully saturated rings. The smallest absolute Gasteiger partial charge is 0.351 e. The highest BCUT2D eigenvalue weighted by Crippen LogP contribution is 2.34. The third-order valence-corrected chi connectivity index (χ3v) is 4.12. The van der Waals surface area contributed by atoms with Crippen LogP contribution in [0.25, 0.3) is 0 Å². The fourth-order valence-electron chi connectivity index (χ4n) is 2.21. The Kier molecular flexibility index (Phi) is 4.15. The Morgan fingerprint density at radius 3 is 2.48 bits per heavy atom. The van der Waals surface area contributed by atoms with Crippen molar-refractivity contribution >= 4 is 33.2 Å². The van der Waals surface area contributed by atoms with Crippen LogP contribution < -0.4 is 5.32 Å². The van der Waals surface area contributed by atoms with E-state index in [4.69, 9.17) is 0 Å². The zero-order valence-corrected chi connectivity index (χ0v) is 13.6. The van der Waals surface area contributed by atoms with E-state index in [9.17, 15) is 27.2 Å². The molecule has 0 bridgehead atoms. The Labute approximate surface area is 145 Å². The van der Waals surface area contributed by atoms with Crippen molar-refractivity contribution in [1.82, 2.24) is 9.97 Å². The molecule has 1 aromatic carbocycles. The Bertz CT molecular complexity index is 941. The molecule has 25 heavy (non-hydrogen) atoms. The van der Waals surface area contributed by atoms with E-state index in [2.05, 4.69) is 31.2 Å². The van der Waals surface area contributed by atoms with Crippen LogP contribution in [-0.2, 0) is 6.18 Å². The van der Waals surface area contributed by atoms with E-state index in [0.717, 1.165) is 18.6 Å². The molecule has 128 valence electrons. The number of halogens is 5. The zero-order chi connectivity index (χ0) is 18.4. The van der Waals surface area contributed by atoms with Gasteiger partial charge in [-0.15, -0.1) is 0 Å². The molecule has 10 heteroatoms. The molecule has 5 nitrogen and oxygen atoms in total. The molecule has 0 atom stereocenters. The minimum absolute atomic E-state index is 0.0643. The van der Waals surface area contributed by atoms with Crippen molar-refractivity contribution < 1.29 is 27.2 Å². The first-order chi connectivity index (χ1) is 11.7. The Balaban J connectivity index is 1.98. The van der Waals surface area contributed by atoms with Crippen molar-refractivity contribution in [2.24, 2.45) is 0 Å². The van der Waals surface area contributed by atoms with Gasteiger partial charge in [0.1, 0.15) is 23.5 Å². The van der Waals surface area contributed by atoms with Gasteiger partial charge in [0.05, 0.1) is 15.6 Å². The molecule has 1 aromatic heterocycles. The number of aromatic nitrogens is 2.